The number of hydrogen-bond donors (Lipinski definition) is 0. The molecule has 0 aliphatic carbocycles. The molecule has 0 saturated heterocycles. The van der Waals surface area contributed by atoms with Crippen molar-refractivity contribution in [1.29, 1.82) is 0 Å². The highest BCUT2D eigenvalue weighted by Gasteiger charge is 2.22. The van der Waals surface area contributed by atoms with Crippen LogP contribution in [0.5, 0.6) is 0 Å². The van der Waals surface area contributed by atoms with Crippen molar-refractivity contribution in [3.8, 4) is 0 Å². The third-order valence-electron chi connectivity index (χ3n) is 5.35. The molecule has 15 heteroatoms. The van der Waals surface area contributed by atoms with Gasteiger partial charge in [0.2, 0.25) is 0 Å². The molecule has 0 fully saturated rings. The second-order valence-corrected chi connectivity index (χ2v) is 8.66. The van der Waals surface area contributed by atoms with E-state index in [1.807, 2.05) is 0 Å². The van der Waals surface area contributed by atoms with Gasteiger partial charge in [-0.15, -0.1) is 0 Å². The topological polar surface area (TPSA) is 156 Å². The van der Waals surface area contributed by atoms with E-state index in [1.54, 1.807) is 0 Å². The molecule has 0 radical (unpaired) electrons. The Morgan fingerprint density at radius 1 is 0.477 bits per heavy atom. The number of nitrogens with zero attached hydrogens (tertiary/aromatic N) is 1. The molecular formula is C29H49NO14. The van der Waals surface area contributed by atoms with Crippen LogP contribution < -0.4 is 0 Å². The maximum absolute atomic E-state index is 11.4. The van der Waals surface area contributed by atoms with Gasteiger partial charge in [0.25, 0.3) is 11.8 Å². The van der Waals surface area contributed by atoms with Crippen molar-refractivity contribution < 1.29 is 66.5 Å². The second kappa shape index (κ2) is 30.7. The minimum absolute atomic E-state index is 0.192. The Morgan fingerprint density at radius 2 is 0.727 bits per heavy atom. The van der Waals surface area contributed by atoms with E-state index in [-0.39, 0.29) is 31.6 Å². The lowest BCUT2D eigenvalue weighted by molar-refractivity contribution is -0.140. The van der Waals surface area contributed by atoms with Crippen LogP contribution in [0.2, 0.25) is 0 Å². The molecule has 0 aromatic carbocycles. The van der Waals surface area contributed by atoms with Gasteiger partial charge in [-0.2, -0.15) is 0 Å². The van der Waals surface area contributed by atoms with Gasteiger partial charge in [-0.25, -0.2) is 4.79 Å². The normalized spacial score (nSPS) is 12.9. The molecule has 0 aromatic heterocycles. The largest absolute Gasteiger partial charge is 0.460 e. The van der Waals surface area contributed by atoms with Gasteiger partial charge < -0.3 is 52.1 Å². The quantitative estimate of drug-likeness (QED) is 0.0397. The van der Waals surface area contributed by atoms with Crippen molar-refractivity contribution in [3.63, 3.8) is 0 Å². The molecule has 0 aromatic rings. The Balaban J connectivity index is 1.63. The van der Waals surface area contributed by atoms with Crippen LogP contribution in [0.3, 0.4) is 0 Å². The van der Waals surface area contributed by atoms with Crippen molar-refractivity contribution in [2.24, 2.45) is 0 Å². The highest BCUT2D eigenvalue weighted by Crippen LogP contribution is 2.02. The minimum atomic E-state index is -0.465. The zero-order chi connectivity index (χ0) is 31.8. The highest BCUT2D eigenvalue weighted by atomic mass is 16.6. The van der Waals surface area contributed by atoms with Gasteiger partial charge in [0, 0.05) is 18.2 Å². The van der Waals surface area contributed by atoms with Crippen molar-refractivity contribution >= 4 is 17.8 Å². The second-order valence-electron chi connectivity index (χ2n) is 8.66. The molecule has 15 nitrogen and oxygen atoms in total. The summed E-state index contributed by atoms with van der Waals surface area (Å²) in [6.45, 7) is 12.5. The van der Waals surface area contributed by atoms with Gasteiger partial charge in [0.05, 0.1) is 139 Å². The van der Waals surface area contributed by atoms with E-state index in [9.17, 15) is 14.4 Å². The number of rotatable bonds is 34. The van der Waals surface area contributed by atoms with E-state index in [4.69, 9.17) is 52.1 Å². The summed E-state index contributed by atoms with van der Waals surface area (Å²) in [4.78, 5) is 34.7. The molecule has 2 amide bonds. The third-order valence-corrected chi connectivity index (χ3v) is 5.35. The summed E-state index contributed by atoms with van der Waals surface area (Å²) < 4.78 is 58.8. The smallest absolute Gasteiger partial charge is 0.330 e. The van der Waals surface area contributed by atoms with Crippen LogP contribution in [0.1, 0.15) is 0 Å². The molecule has 0 spiro atoms. The molecular weight excluding hydrogens is 586 g/mol. The van der Waals surface area contributed by atoms with E-state index < -0.39 is 5.97 Å². The molecule has 1 rings (SSSR count). The van der Waals surface area contributed by atoms with Gasteiger partial charge in [0.15, 0.2) is 0 Å². The predicted octanol–water partition coefficient (Wildman–Crippen LogP) is -0.193. The maximum Gasteiger partial charge on any atom is 0.330 e. The number of esters is 1. The van der Waals surface area contributed by atoms with Crippen LogP contribution in [0, 0.1) is 0 Å². The van der Waals surface area contributed by atoms with E-state index in [0.717, 1.165) is 11.0 Å². The average molecular weight is 636 g/mol. The predicted molar refractivity (Wildman–Crippen MR) is 155 cm³/mol. The van der Waals surface area contributed by atoms with Crippen molar-refractivity contribution in [2.75, 3.05) is 145 Å². The number of carbonyl (C=O) groups excluding carboxylic acids is 3. The first-order valence-corrected chi connectivity index (χ1v) is 14.7. The molecule has 1 aliphatic heterocycles. The van der Waals surface area contributed by atoms with Gasteiger partial charge in [0.1, 0.15) is 6.61 Å². The fourth-order valence-corrected chi connectivity index (χ4v) is 3.15. The Bertz CT molecular complexity index is 748. The summed E-state index contributed by atoms with van der Waals surface area (Å²) in [5, 5.41) is 0. The molecule has 254 valence electrons. The third kappa shape index (κ3) is 25.1. The van der Waals surface area contributed by atoms with E-state index in [2.05, 4.69) is 6.58 Å². The first-order valence-electron chi connectivity index (χ1n) is 14.7. The number of carbonyl (C=O) groups is 3. The number of ether oxygens (including phenoxy) is 11. The molecule has 0 N–H and O–H groups in total. The summed E-state index contributed by atoms with van der Waals surface area (Å²) in [5.41, 5.74) is 0. The molecule has 1 heterocycles. The lowest BCUT2D eigenvalue weighted by Gasteiger charge is -2.13. The monoisotopic (exact) mass is 635 g/mol. The standard InChI is InChI=1S/C29H49NO14/c1-2-29(33)44-26-25-43-24-23-42-22-21-41-20-19-40-18-17-39-16-15-38-14-13-37-12-11-36-10-9-35-8-7-34-6-5-30-27(31)3-4-28(30)32/h2-4H,1,5-26H2. The molecule has 1 aliphatic rings. The van der Waals surface area contributed by atoms with E-state index in [1.165, 1.54) is 12.2 Å². The summed E-state index contributed by atoms with van der Waals surface area (Å²) in [5.74, 6) is -1.09. The highest BCUT2D eigenvalue weighted by molar-refractivity contribution is 6.12. The summed E-state index contributed by atoms with van der Waals surface area (Å²) in [7, 11) is 0. The van der Waals surface area contributed by atoms with Gasteiger partial charge >= 0.3 is 5.97 Å². The van der Waals surface area contributed by atoms with Gasteiger partial charge in [-0.05, 0) is 0 Å². The Kier molecular flexibility index (Phi) is 27.7. The van der Waals surface area contributed by atoms with Gasteiger partial charge in [-0.1, -0.05) is 6.58 Å². The lowest BCUT2D eigenvalue weighted by Crippen LogP contribution is -2.33. The molecule has 44 heavy (non-hydrogen) atoms. The van der Waals surface area contributed by atoms with Crippen molar-refractivity contribution in [3.05, 3.63) is 24.8 Å². The summed E-state index contributed by atoms with van der Waals surface area (Å²) in [6, 6.07) is 0. The molecule has 0 atom stereocenters. The molecule has 0 saturated carbocycles. The SMILES string of the molecule is C=CC(=O)OCCOCCOCCOCCOCCOCCOCCOCCOCCOCCOCCN1C(=O)C=CC1=O. The van der Waals surface area contributed by atoms with Crippen LogP contribution >= 0.6 is 0 Å². The maximum atomic E-state index is 11.4. The molecule has 0 unspecified atom stereocenters. The Morgan fingerprint density at radius 3 is 1.00 bits per heavy atom. The number of amides is 2. The van der Waals surface area contributed by atoms with Gasteiger partial charge in [-0.3, -0.25) is 14.5 Å². The van der Waals surface area contributed by atoms with Crippen LogP contribution in [-0.2, 0) is 66.5 Å². The molecule has 0 bridgehead atoms. The number of imide groups is 1. The van der Waals surface area contributed by atoms with Crippen LogP contribution in [0.25, 0.3) is 0 Å². The summed E-state index contributed by atoms with van der Waals surface area (Å²) >= 11 is 0. The fraction of sp³-hybridized carbons (Fsp3) is 0.759. The van der Waals surface area contributed by atoms with Crippen LogP contribution in [-0.4, -0.2) is 168 Å². The Hall–Kier alpha value is -2.31. The summed E-state index contributed by atoms with van der Waals surface area (Å²) in [6.07, 6.45) is 3.61. The van der Waals surface area contributed by atoms with E-state index >= 15 is 0 Å². The van der Waals surface area contributed by atoms with E-state index in [0.29, 0.717) is 126 Å². The zero-order valence-electron chi connectivity index (χ0n) is 25.7. The lowest BCUT2D eigenvalue weighted by atomic mass is 10.5. The Labute approximate surface area is 259 Å². The van der Waals surface area contributed by atoms with Crippen LogP contribution in [0.15, 0.2) is 24.8 Å². The first-order chi connectivity index (χ1) is 21.6. The fourth-order valence-electron chi connectivity index (χ4n) is 3.15. The number of hydrogen-bond acceptors (Lipinski definition) is 14. The first kappa shape index (κ1) is 39.7. The van der Waals surface area contributed by atoms with Crippen molar-refractivity contribution in [1.82, 2.24) is 4.90 Å². The average Bonchev–Trinajstić information content (AvgIpc) is 3.35. The minimum Gasteiger partial charge on any atom is -0.460 e. The van der Waals surface area contributed by atoms with Crippen LogP contribution in [0.4, 0.5) is 0 Å². The zero-order valence-corrected chi connectivity index (χ0v) is 25.7. The van der Waals surface area contributed by atoms with Crippen molar-refractivity contribution in [2.45, 2.75) is 0 Å².